The first-order valence-corrected chi connectivity index (χ1v) is 5.93. The highest BCUT2D eigenvalue weighted by atomic mass is 16.5. The number of oxazole rings is 1. The Balaban J connectivity index is 2.09. The number of hydrogen-bond donors (Lipinski definition) is 0. The van der Waals surface area contributed by atoms with E-state index in [1.165, 1.54) is 0 Å². The van der Waals surface area contributed by atoms with Crippen LogP contribution in [0.1, 0.15) is 5.69 Å². The molecule has 0 aliphatic rings. The second-order valence-electron chi connectivity index (χ2n) is 4.25. The molecule has 0 aliphatic heterocycles. The fourth-order valence-corrected chi connectivity index (χ4v) is 1.73. The fraction of sp³-hybridized carbons (Fsp3) is 0.267. The van der Waals surface area contributed by atoms with E-state index in [1.807, 2.05) is 36.2 Å². The second-order valence-corrected chi connectivity index (χ2v) is 4.25. The Kier molecular flexibility index (Phi) is 4.22. The molecule has 0 saturated heterocycles. The number of benzene rings is 1. The lowest BCUT2D eigenvalue weighted by Crippen LogP contribution is -2.17. The van der Waals surface area contributed by atoms with Gasteiger partial charge < -0.3 is 9.15 Å². The van der Waals surface area contributed by atoms with Crippen LogP contribution in [-0.4, -0.2) is 30.6 Å². The number of methoxy groups -OCH3 is 1. The fourth-order valence-electron chi connectivity index (χ4n) is 1.73. The molecule has 1 aromatic heterocycles. The van der Waals surface area contributed by atoms with E-state index >= 15 is 0 Å². The molecule has 0 bridgehead atoms. The lowest BCUT2D eigenvalue weighted by molar-refractivity contribution is 0.363. The molecule has 0 spiro atoms. The van der Waals surface area contributed by atoms with E-state index in [1.54, 1.807) is 13.4 Å². The molecule has 98 valence electrons. The molecular weight excluding hydrogens is 240 g/mol. The van der Waals surface area contributed by atoms with Gasteiger partial charge in [-0.1, -0.05) is 5.92 Å². The van der Waals surface area contributed by atoms with Gasteiger partial charge in [-0.05, 0) is 31.3 Å². The molecule has 1 aromatic carbocycles. The average Bonchev–Trinajstić information content (AvgIpc) is 2.87. The summed E-state index contributed by atoms with van der Waals surface area (Å²) in [6.07, 6.45) is 6.92. The van der Waals surface area contributed by atoms with E-state index in [-0.39, 0.29) is 0 Å². The number of nitrogens with zero attached hydrogens (tertiary/aromatic N) is 2. The number of ether oxygens (including phenoxy) is 1. The zero-order valence-electron chi connectivity index (χ0n) is 11.1. The van der Waals surface area contributed by atoms with Crippen molar-refractivity contribution < 1.29 is 9.15 Å². The third kappa shape index (κ3) is 3.36. The van der Waals surface area contributed by atoms with Gasteiger partial charge in [0.25, 0.3) is 0 Å². The molecule has 0 atom stereocenters. The molecule has 0 fully saturated rings. The van der Waals surface area contributed by atoms with Crippen molar-refractivity contribution in [2.75, 3.05) is 20.7 Å². The van der Waals surface area contributed by atoms with Crippen LogP contribution in [0.25, 0.3) is 11.5 Å². The van der Waals surface area contributed by atoms with Crippen LogP contribution in [0.15, 0.2) is 34.9 Å². The monoisotopic (exact) mass is 256 g/mol. The Morgan fingerprint density at radius 1 is 1.37 bits per heavy atom. The van der Waals surface area contributed by atoms with Crippen molar-refractivity contribution in [1.29, 1.82) is 0 Å². The normalized spacial score (nSPS) is 10.4. The number of rotatable bonds is 5. The summed E-state index contributed by atoms with van der Waals surface area (Å²) in [5, 5.41) is 0. The van der Waals surface area contributed by atoms with Gasteiger partial charge in [0.1, 0.15) is 12.0 Å². The summed E-state index contributed by atoms with van der Waals surface area (Å²) in [7, 11) is 3.58. The first kappa shape index (κ1) is 13.2. The summed E-state index contributed by atoms with van der Waals surface area (Å²) in [5.41, 5.74) is 1.79. The maximum Gasteiger partial charge on any atom is 0.226 e. The minimum atomic E-state index is 0.588. The molecule has 2 rings (SSSR count). The van der Waals surface area contributed by atoms with E-state index in [0.717, 1.165) is 17.0 Å². The van der Waals surface area contributed by atoms with Gasteiger partial charge in [0.15, 0.2) is 0 Å². The topological polar surface area (TPSA) is 38.5 Å². The van der Waals surface area contributed by atoms with E-state index in [0.29, 0.717) is 19.0 Å². The van der Waals surface area contributed by atoms with E-state index in [4.69, 9.17) is 15.6 Å². The average molecular weight is 256 g/mol. The highest BCUT2D eigenvalue weighted by Crippen LogP contribution is 2.21. The van der Waals surface area contributed by atoms with Gasteiger partial charge >= 0.3 is 0 Å². The summed E-state index contributed by atoms with van der Waals surface area (Å²) < 4.78 is 10.6. The Morgan fingerprint density at radius 2 is 2.11 bits per heavy atom. The molecule has 0 radical (unpaired) electrons. The van der Waals surface area contributed by atoms with Crippen molar-refractivity contribution in [1.82, 2.24) is 9.88 Å². The van der Waals surface area contributed by atoms with Crippen molar-refractivity contribution in [2.45, 2.75) is 6.54 Å². The zero-order chi connectivity index (χ0) is 13.7. The summed E-state index contributed by atoms with van der Waals surface area (Å²) in [6.45, 7) is 1.26. The van der Waals surface area contributed by atoms with Crippen LogP contribution in [0.5, 0.6) is 5.75 Å². The smallest absolute Gasteiger partial charge is 0.226 e. The predicted octanol–water partition coefficient (Wildman–Crippen LogP) is 2.42. The largest absolute Gasteiger partial charge is 0.497 e. The SMILES string of the molecule is C#CCN(C)Cc1coc(-c2ccc(OC)cc2)n1. The van der Waals surface area contributed by atoms with Crippen molar-refractivity contribution >= 4 is 0 Å². The number of hydrogen-bond acceptors (Lipinski definition) is 4. The van der Waals surface area contributed by atoms with Crippen molar-refractivity contribution in [3.8, 4) is 29.5 Å². The quantitative estimate of drug-likeness (QED) is 0.770. The highest BCUT2D eigenvalue weighted by Gasteiger charge is 2.08. The van der Waals surface area contributed by atoms with E-state index < -0.39 is 0 Å². The summed E-state index contributed by atoms with van der Waals surface area (Å²) in [4.78, 5) is 6.44. The van der Waals surface area contributed by atoms with Crippen LogP contribution in [0.4, 0.5) is 0 Å². The van der Waals surface area contributed by atoms with Crippen LogP contribution < -0.4 is 4.74 Å². The van der Waals surface area contributed by atoms with Crippen LogP contribution in [0.3, 0.4) is 0 Å². The highest BCUT2D eigenvalue weighted by molar-refractivity contribution is 5.54. The molecule has 0 N–H and O–H groups in total. The predicted molar refractivity (Wildman–Crippen MR) is 73.7 cm³/mol. The minimum absolute atomic E-state index is 0.588. The van der Waals surface area contributed by atoms with E-state index in [9.17, 15) is 0 Å². The molecule has 0 aliphatic carbocycles. The molecular formula is C15H16N2O2. The first-order chi connectivity index (χ1) is 9.22. The van der Waals surface area contributed by atoms with Gasteiger partial charge in [-0.25, -0.2) is 4.98 Å². The number of terminal acetylenes is 1. The van der Waals surface area contributed by atoms with Crippen LogP contribution in [0.2, 0.25) is 0 Å². The molecule has 0 unspecified atom stereocenters. The summed E-state index contributed by atoms with van der Waals surface area (Å²) in [5.74, 6) is 4.01. The maximum atomic E-state index is 5.47. The molecule has 19 heavy (non-hydrogen) atoms. The Bertz CT molecular complexity index is 567. The second kappa shape index (κ2) is 6.07. The first-order valence-electron chi connectivity index (χ1n) is 5.93. The number of aromatic nitrogens is 1. The third-order valence-electron chi connectivity index (χ3n) is 2.68. The van der Waals surface area contributed by atoms with Gasteiger partial charge in [-0.2, -0.15) is 0 Å². The molecule has 0 saturated carbocycles. The Morgan fingerprint density at radius 3 is 2.74 bits per heavy atom. The molecule has 0 amide bonds. The van der Waals surface area contributed by atoms with Crippen LogP contribution >= 0.6 is 0 Å². The van der Waals surface area contributed by atoms with Gasteiger partial charge in [0.05, 0.1) is 19.3 Å². The van der Waals surface area contributed by atoms with Gasteiger partial charge in [-0.15, -0.1) is 6.42 Å². The van der Waals surface area contributed by atoms with Crippen molar-refractivity contribution in [2.24, 2.45) is 0 Å². The standard InChI is InChI=1S/C15H16N2O2/c1-4-9-17(2)10-13-11-19-15(16-13)12-5-7-14(18-3)8-6-12/h1,5-8,11H,9-10H2,2-3H3. The summed E-state index contributed by atoms with van der Waals surface area (Å²) in [6, 6.07) is 7.59. The zero-order valence-corrected chi connectivity index (χ0v) is 11.1. The lowest BCUT2D eigenvalue weighted by atomic mass is 10.2. The van der Waals surface area contributed by atoms with Gasteiger partial charge in [0, 0.05) is 12.1 Å². The third-order valence-corrected chi connectivity index (χ3v) is 2.68. The van der Waals surface area contributed by atoms with Crippen molar-refractivity contribution in [3.05, 3.63) is 36.2 Å². The molecule has 2 aromatic rings. The molecule has 4 nitrogen and oxygen atoms in total. The van der Waals surface area contributed by atoms with Crippen LogP contribution in [-0.2, 0) is 6.54 Å². The lowest BCUT2D eigenvalue weighted by Gasteiger charge is -2.09. The van der Waals surface area contributed by atoms with Crippen LogP contribution in [0, 0.1) is 12.3 Å². The Hall–Kier alpha value is -2.25. The van der Waals surface area contributed by atoms with Gasteiger partial charge in [-0.3, -0.25) is 4.90 Å². The minimum Gasteiger partial charge on any atom is -0.497 e. The molecule has 1 heterocycles. The van der Waals surface area contributed by atoms with Gasteiger partial charge in [0.2, 0.25) is 5.89 Å². The Labute approximate surface area is 113 Å². The maximum absolute atomic E-state index is 5.47. The molecule has 4 heteroatoms. The van der Waals surface area contributed by atoms with Crippen molar-refractivity contribution in [3.63, 3.8) is 0 Å². The summed E-state index contributed by atoms with van der Waals surface area (Å²) >= 11 is 0. The van der Waals surface area contributed by atoms with E-state index in [2.05, 4.69) is 10.9 Å².